The Balaban J connectivity index is 2.13. The van der Waals surface area contributed by atoms with Gasteiger partial charge in [-0.1, -0.05) is 0 Å². The van der Waals surface area contributed by atoms with Crippen LogP contribution in [0.4, 0.5) is 0 Å². The number of aromatic nitrogens is 3. The van der Waals surface area contributed by atoms with E-state index in [4.69, 9.17) is 0 Å². The van der Waals surface area contributed by atoms with E-state index in [1.165, 1.54) is 0 Å². The highest BCUT2D eigenvalue weighted by Crippen LogP contribution is 2.31. The number of fused-ring (bicyclic) bond motifs is 1. The molecule has 0 saturated heterocycles. The van der Waals surface area contributed by atoms with Gasteiger partial charge in [0.2, 0.25) is 0 Å². The summed E-state index contributed by atoms with van der Waals surface area (Å²) in [5, 5.41) is 9.31. The van der Waals surface area contributed by atoms with Gasteiger partial charge in [-0.25, -0.2) is 9.78 Å². The van der Waals surface area contributed by atoms with Gasteiger partial charge in [0, 0.05) is 29.8 Å². The van der Waals surface area contributed by atoms with Crippen molar-refractivity contribution in [3.63, 3.8) is 0 Å². The number of rotatable bonds is 2. The van der Waals surface area contributed by atoms with E-state index in [0.717, 1.165) is 29.9 Å². The molecule has 1 aliphatic heterocycles. The fourth-order valence-electron chi connectivity index (χ4n) is 2.48. The number of hydrogen-bond acceptors (Lipinski definition) is 3. The Hall–Kier alpha value is -2.17. The van der Waals surface area contributed by atoms with Crippen LogP contribution in [0.1, 0.15) is 24.6 Å². The van der Waals surface area contributed by atoms with Gasteiger partial charge in [0.05, 0.1) is 0 Å². The summed E-state index contributed by atoms with van der Waals surface area (Å²) in [4.78, 5) is 19.7. The number of aliphatic carboxylic acids is 1. The fourth-order valence-corrected chi connectivity index (χ4v) is 2.48. The summed E-state index contributed by atoms with van der Waals surface area (Å²) >= 11 is 0. The maximum atomic E-state index is 11.3. The number of aryl methyl sites for hydroxylation is 1. The van der Waals surface area contributed by atoms with Crippen LogP contribution in [0.2, 0.25) is 0 Å². The van der Waals surface area contributed by atoms with E-state index in [1.54, 1.807) is 18.6 Å². The van der Waals surface area contributed by atoms with Gasteiger partial charge >= 0.3 is 5.97 Å². The van der Waals surface area contributed by atoms with Crippen LogP contribution in [-0.2, 0) is 11.2 Å². The summed E-state index contributed by atoms with van der Waals surface area (Å²) in [6.45, 7) is 0. The highest BCUT2D eigenvalue weighted by Gasteiger charge is 2.28. The lowest BCUT2D eigenvalue weighted by atomic mass is 10.0. The Bertz CT molecular complexity index is 577. The number of pyridine rings is 1. The Morgan fingerprint density at radius 3 is 2.89 bits per heavy atom. The molecule has 0 spiro atoms. The first-order valence-electron chi connectivity index (χ1n) is 5.96. The van der Waals surface area contributed by atoms with E-state index in [9.17, 15) is 9.90 Å². The molecule has 2 aromatic rings. The highest BCUT2D eigenvalue weighted by atomic mass is 16.4. The van der Waals surface area contributed by atoms with Crippen molar-refractivity contribution < 1.29 is 9.90 Å². The topological polar surface area (TPSA) is 68.0 Å². The third kappa shape index (κ3) is 1.68. The van der Waals surface area contributed by atoms with Crippen LogP contribution in [0, 0.1) is 0 Å². The first-order chi connectivity index (χ1) is 8.77. The lowest BCUT2D eigenvalue weighted by Gasteiger charge is -2.24. The molecule has 3 heterocycles. The summed E-state index contributed by atoms with van der Waals surface area (Å²) in [7, 11) is 0. The van der Waals surface area contributed by atoms with Crippen molar-refractivity contribution in [2.24, 2.45) is 0 Å². The van der Waals surface area contributed by atoms with Crippen molar-refractivity contribution in [2.75, 3.05) is 0 Å². The molecule has 18 heavy (non-hydrogen) atoms. The van der Waals surface area contributed by atoms with Crippen LogP contribution in [0.3, 0.4) is 0 Å². The van der Waals surface area contributed by atoms with E-state index in [2.05, 4.69) is 9.97 Å². The minimum Gasteiger partial charge on any atom is -0.480 e. The summed E-state index contributed by atoms with van der Waals surface area (Å²) in [6, 6.07) is 3.20. The minimum absolute atomic E-state index is 0.501. The molecule has 5 heteroatoms. The Morgan fingerprint density at radius 1 is 1.39 bits per heavy atom. The molecule has 2 aromatic heterocycles. The number of carbonyl (C=O) groups is 1. The molecule has 0 saturated carbocycles. The largest absolute Gasteiger partial charge is 0.480 e. The first kappa shape index (κ1) is 11.0. The average molecular weight is 243 g/mol. The van der Waals surface area contributed by atoms with Crippen molar-refractivity contribution >= 4 is 5.97 Å². The van der Waals surface area contributed by atoms with Gasteiger partial charge in [-0.3, -0.25) is 4.98 Å². The second-order valence-corrected chi connectivity index (χ2v) is 4.43. The highest BCUT2D eigenvalue weighted by molar-refractivity contribution is 5.73. The molecule has 92 valence electrons. The molecule has 0 radical (unpaired) electrons. The molecular weight excluding hydrogens is 230 g/mol. The van der Waals surface area contributed by atoms with Crippen LogP contribution in [0.5, 0.6) is 0 Å². The average Bonchev–Trinajstić information content (AvgIpc) is 2.83. The van der Waals surface area contributed by atoms with Gasteiger partial charge in [0.25, 0.3) is 0 Å². The van der Waals surface area contributed by atoms with Crippen molar-refractivity contribution in [3.05, 3.63) is 36.4 Å². The van der Waals surface area contributed by atoms with Crippen molar-refractivity contribution in [2.45, 2.75) is 25.3 Å². The minimum atomic E-state index is -0.788. The number of nitrogens with zero attached hydrogens (tertiary/aromatic N) is 3. The SMILES string of the molecule is O=C(O)C1CCCc2cnc(-c3ccncc3)n21. The third-order valence-electron chi connectivity index (χ3n) is 3.32. The zero-order chi connectivity index (χ0) is 12.5. The van der Waals surface area contributed by atoms with Crippen molar-refractivity contribution in [1.29, 1.82) is 0 Å². The Kier molecular flexibility index (Phi) is 2.59. The standard InChI is InChI=1S/C13H13N3O2/c17-13(18)11-3-1-2-10-8-15-12(16(10)11)9-4-6-14-7-5-9/h4-8,11H,1-3H2,(H,17,18). The summed E-state index contributed by atoms with van der Waals surface area (Å²) < 4.78 is 1.85. The lowest BCUT2D eigenvalue weighted by Crippen LogP contribution is -2.25. The number of imidazole rings is 1. The van der Waals surface area contributed by atoms with Crippen LogP contribution in [-0.4, -0.2) is 25.6 Å². The zero-order valence-electron chi connectivity index (χ0n) is 9.78. The van der Waals surface area contributed by atoms with E-state index in [-0.39, 0.29) is 0 Å². The number of hydrogen-bond donors (Lipinski definition) is 1. The van der Waals surface area contributed by atoms with Crippen molar-refractivity contribution in [3.8, 4) is 11.4 Å². The van der Waals surface area contributed by atoms with Gasteiger partial charge in [-0.2, -0.15) is 0 Å². The molecule has 0 amide bonds. The van der Waals surface area contributed by atoms with Crippen LogP contribution in [0.25, 0.3) is 11.4 Å². The van der Waals surface area contributed by atoms with E-state index in [1.807, 2.05) is 16.7 Å². The maximum absolute atomic E-state index is 11.3. The zero-order valence-corrected chi connectivity index (χ0v) is 9.78. The first-order valence-corrected chi connectivity index (χ1v) is 5.96. The molecule has 3 rings (SSSR count). The fraction of sp³-hybridized carbons (Fsp3) is 0.308. The summed E-state index contributed by atoms with van der Waals surface area (Å²) in [5.74, 6) is -0.0660. The second kappa shape index (κ2) is 4.25. The van der Waals surface area contributed by atoms with Gasteiger partial charge in [0.15, 0.2) is 0 Å². The second-order valence-electron chi connectivity index (χ2n) is 4.43. The van der Waals surface area contributed by atoms with Gasteiger partial charge in [-0.15, -0.1) is 0 Å². The predicted octanol–water partition coefficient (Wildman–Crippen LogP) is 1.91. The quantitative estimate of drug-likeness (QED) is 0.874. The molecule has 1 atom stereocenters. The monoisotopic (exact) mass is 243 g/mol. The molecule has 0 bridgehead atoms. The summed E-state index contributed by atoms with van der Waals surface area (Å²) in [6.07, 6.45) is 7.62. The Labute approximate surface area is 104 Å². The van der Waals surface area contributed by atoms with Gasteiger partial charge in [0.1, 0.15) is 11.9 Å². The number of carboxylic acid groups (broad SMARTS) is 1. The van der Waals surface area contributed by atoms with Crippen LogP contribution < -0.4 is 0 Å². The molecule has 5 nitrogen and oxygen atoms in total. The third-order valence-corrected chi connectivity index (χ3v) is 3.32. The van der Waals surface area contributed by atoms with E-state index >= 15 is 0 Å². The molecular formula is C13H13N3O2. The molecule has 0 aromatic carbocycles. The maximum Gasteiger partial charge on any atom is 0.326 e. The van der Waals surface area contributed by atoms with E-state index < -0.39 is 12.0 Å². The smallest absolute Gasteiger partial charge is 0.326 e. The Morgan fingerprint density at radius 2 is 2.17 bits per heavy atom. The molecule has 1 aliphatic rings. The van der Waals surface area contributed by atoms with E-state index in [0.29, 0.717) is 6.42 Å². The van der Waals surface area contributed by atoms with Gasteiger partial charge in [-0.05, 0) is 31.4 Å². The van der Waals surface area contributed by atoms with Gasteiger partial charge < -0.3 is 9.67 Å². The van der Waals surface area contributed by atoms with Crippen molar-refractivity contribution in [1.82, 2.24) is 14.5 Å². The predicted molar refractivity (Wildman–Crippen MR) is 65.1 cm³/mol. The van der Waals surface area contributed by atoms with Crippen LogP contribution in [0.15, 0.2) is 30.7 Å². The molecule has 1 unspecified atom stereocenters. The molecule has 0 aliphatic carbocycles. The molecule has 1 N–H and O–H groups in total. The van der Waals surface area contributed by atoms with Crippen LogP contribution >= 0.6 is 0 Å². The molecule has 0 fully saturated rings. The normalized spacial score (nSPS) is 18.3. The summed E-state index contributed by atoms with van der Waals surface area (Å²) in [5.41, 5.74) is 1.91. The number of carboxylic acids is 1. The lowest BCUT2D eigenvalue weighted by molar-refractivity contribution is -0.141.